The minimum atomic E-state index is -0.409. The molecule has 26 heavy (non-hydrogen) atoms. The number of aryl methyl sites for hydroxylation is 1. The van der Waals surface area contributed by atoms with Crippen molar-refractivity contribution in [2.24, 2.45) is 0 Å². The minimum absolute atomic E-state index is 0.279. The molecule has 0 atom stereocenters. The normalized spacial score (nSPS) is 11.0. The zero-order chi connectivity index (χ0) is 18.1. The predicted octanol–water partition coefficient (Wildman–Crippen LogP) is 4.57. The summed E-state index contributed by atoms with van der Waals surface area (Å²) in [5.41, 5.74) is 3.31. The molecule has 2 heterocycles. The number of benzene rings is 2. The van der Waals surface area contributed by atoms with Gasteiger partial charge in [0.1, 0.15) is 22.0 Å². The molecule has 2 aromatic heterocycles. The standard InChI is InChI=1S/C19H14FN3O2S/c1-11-5-6-16-14(7-11)22-17(25-16)9-18-23-15(10-26-18)19(24)21-13-4-2-3-12(20)8-13/h2-8,10H,9H2,1H3,(H,21,24). The average molecular weight is 367 g/mol. The van der Waals surface area contributed by atoms with Crippen LogP contribution in [-0.2, 0) is 6.42 Å². The number of amides is 1. The number of halogens is 1. The summed E-state index contributed by atoms with van der Waals surface area (Å²) in [7, 11) is 0. The second-order valence-electron chi connectivity index (χ2n) is 5.85. The van der Waals surface area contributed by atoms with Crippen molar-refractivity contribution in [3.8, 4) is 0 Å². The Morgan fingerprint density at radius 1 is 1.23 bits per heavy atom. The summed E-state index contributed by atoms with van der Waals surface area (Å²) in [5.74, 6) is -0.240. The SMILES string of the molecule is Cc1ccc2oc(Cc3nc(C(=O)Nc4cccc(F)c4)cs3)nc2c1. The molecule has 5 nitrogen and oxygen atoms in total. The molecular formula is C19H14FN3O2S. The molecule has 1 N–H and O–H groups in total. The van der Waals surface area contributed by atoms with E-state index in [0.717, 1.165) is 21.7 Å². The number of oxazole rings is 1. The Morgan fingerprint density at radius 3 is 2.96 bits per heavy atom. The maximum Gasteiger partial charge on any atom is 0.275 e. The molecule has 7 heteroatoms. The lowest BCUT2D eigenvalue weighted by atomic mass is 10.2. The monoisotopic (exact) mass is 367 g/mol. The smallest absolute Gasteiger partial charge is 0.275 e. The molecule has 0 spiro atoms. The lowest BCUT2D eigenvalue weighted by Crippen LogP contribution is -2.12. The van der Waals surface area contributed by atoms with Crippen molar-refractivity contribution in [3.05, 3.63) is 75.8 Å². The average Bonchev–Trinajstić information content (AvgIpc) is 3.21. The summed E-state index contributed by atoms with van der Waals surface area (Å²) in [5, 5.41) is 5.01. The Hall–Kier alpha value is -3.06. The summed E-state index contributed by atoms with van der Waals surface area (Å²) in [6.07, 6.45) is 0.408. The summed E-state index contributed by atoms with van der Waals surface area (Å²) in [6, 6.07) is 11.5. The van der Waals surface area contributed by atoms with Gasteiger partial charge in [0, 0.05) is 11.1 Å². The third kappa shape index (κ3) is 3.48. The largest absolute Gasteiger partial charge is 0.440 e. The molecule has 0 aliphatic rings. The van der Waals surface area contributed by atoms with Crippen molar-refractivity contribution in [2.45, 2.75) is 13.3 Å². The fraction of sp³-hybridized carbons (Fsp3) is 0.105. The van der Waals surface area contributed by atoms with E-state index in [9.17, 15) is 9.18 Å². The number of thiazole rings is 1. The van der Waals surface area contributed by atoms with Crippen LogP contribution in [0, 0.1) is 12.7 Å². The van der Waals surface area contributed by atoms with Gasteiger partial charge < -0.3 is 9.73 Å². The summed E-state index contributed by atoms with van der Waals surface area (Å²) < 4.78 is 18.9. The Labute approximate surface area is 152 Å². The first-order valence-electron chi connectivity index (χ1n) is 7.94. The number of carbonyl (C=O) groups excluding carboxylic acids is 1. The summed E-state index contributed by atoms with van der Waals surface area (Å²) in [6.45, 7) is 2.00. The first kappa shape index (κ1) is 16.4. The zero-order valence-electron chi connectivity index (χ0n) is 13.8. The zero-order valence-corrected chi connectivity index (χ0v) is 14.6. The summed E-state index contributed by atoms with van der Waals surface area (Å²) in [4.78, 5) is 21.0. The van der Waals surface area contributed by atoms with Crippen molar-refractivity contribution >= 4 is 34.0 Å². The van der Waals surface area contributed by atoms with Gasteiger partial charge in [-0.25, -0.2) is 14.4 Å². The lowest BCUT2D eigenvalue weighted by molar-refractivity contribution is 0.102. The minimum Gasteiger partial charge on any atom is -0.440 e. The molecular weight excluding hydrogens is 353 g/mol. The highest BCUT2D eigenvalue weighted by atomic mass is 32.1. The van der Waals surface area contributed by atoms with Gasteiger partial charge in [-0.3, -0.25) is 4.79 Å². The van der Waals surface area contributed by atoms with Crippen molar-refractivity contribution < 1.29 is 13.6 Å². The molecule has 0 aliphatic heterocycles. The quantitative estimate of drug-likeness (QED) is 0.573. The van der Waals surface area contributed by atoms with Gasteiger partial charge in [-0.1, -0.05) is 12.1 Å². The fourth-order valence-electron chi connectivity index (χ4n) is 2.55. The van der Waals surface area contributed by atoms with Crippen LogP contribution in [0.3, 0.4) is 0 Å². The van der Waals surface area contributed by atoms with Gasteiger partial charge in [0.25, 0.3) is 5.91 Å². The second-order valence-corrected chi connectivity index (χ2v) is 6.79. The number of hydrogen-bond donors (Lipinski definition) is 1. The number of anilines is 1. The van der Waals surface area contributed by atoms with Crippen LogP contribution in [0.4, 0.5) is 10.1 Å². The topological polar surface area (TPSA) is 68.0 Å². The maximum atomic E-state index is 13.2. The van der Waals surface area contributed by atoms with E-state index < -0.39 is 5.82 Å². The van der Waals surface area contributed by atoms with Gasteiger partial charge in [-0.05, 0) is 42.8 Å². The molecule has 0 unspecified atom stereocenters. The van der Waals surface area contributed by atoms with Crippen LogP contribution >= 0.6 is 11.3 Å². The van der Waals surface area contributed by atoms with E-state index in [-0.39, 0.29) is 11.6 Å². The third-order valence-corrected chi connectivity index (χ3v) is 4.61. The number of aromatic nitrogens is 2. The van der Waals surface area contributed by atoms with E-state index in [0.29, 0.717) is 18.0 Å². The van der Waals surface area contributed by atoms with E-state index in [1.54, 1.807) is 11.4 Å². The van der Waals surface area contributed by atoms with Crippen molar-refractivity contribution in [1.82, 2.24) is 9.97 Å². The van der Waals surface area contributed by atoms with E-state index in [2.05, 4.69) is 15.3 Å². The van der Waals surface area contributed by atoms with Crippen LogP contribution in [0.25, 0.3) is 11.1 Å². The van der Waals surface area contributed by atoms with Crippen LogP contribution in [0.5, 0.6) is 0 Å². The highest BCUT2D eigenvalue weighted by Gasteiger charge is 2.14. The molecule has 0 bridgehead atoms. The van der Waals surface area contributed by atoms with E-state index >= 15 is 0 Å². The Balaban J connectivity index is 1.49. The third-order valence-electron chi connectivity index (χ3n) is 3.76. The van der Waals surface area contributed by atoms with Crippen LogP contribution in [0.15, 0.2) is 52.3 Å². The van der Waals surface area contributed by atoms with Crippen LogP contribution in [-0.4, -0.2) is 15.9 Å². The van der Waals surface area contributed by atoms with E-state index in [1.807, 2.05) is 25.1 Å². The molecule has 4 rings (SSSR count). The highest BCUT2D eigenvalue weighted by Crippen LogP contribution is 2.21. The van der Waals surface area contributed by atoms with Crippen molar-refractivity contribution in [1.29, 1.82) is 0 Å². The maximum absolute atomic E-state index is 13.2. The number of nitrogens with one attached hydrogen (secondary N) is 1. The molecule has 2 aromatic carbocycles. The number of nitrogens with zero attached hydrogens (tertiary/aromatic N) is 2. The molecule has 0 radical (unpaired) electrons. The van der Waals surface area contributed by atoms with E-state index in [4.69, 9.17) is 4.42 Å². The lowest BCUT2D eigenvalue weighted by Gasteiger charge is -2.02. The summed E-state index contributed by atoms with van der Waals surface area (Å²) >= 11 is 1.35. The Morgan fingerprint density at radius 2 is 2.12 bits per heavy atom. The Bertz CT molecular complexity index is 1100. The molecule has 1 amide bonds. The number of carbonyl (C=O) groups is 1. The predicted molar refractivity (Wildman–Crippen MR) is 98.0 cm³/mol. The first-order chi connectivity index (χ1) is 12.6. The van der Waals surface area contributed by atoms with Crippen LogP contribution < -0.4 is 5.32 Å². The number of fused-ring (bicyclic) bond motifs is 1. The van der Waals surface area contributed by atoms with Gasteiger partial charge in [0.05, 0.1) is 6.42 Å². The molecule has 4 aromatic rings. The van der Waals surface area contributed by atoms with Crippen molar-refractivity contribution in [3.63, 3.8) is 0 Å². The van der Waals surface area contributed by atoms with Crippen molar-refractivity contribution in [2.75, 3.05) is 5.32 Å². The van der Waals surface area contributed by atoms with Gasteiger partial charge in [-0.2, -0.15) is 0 Å². The number of hydrogen-bond acceptors (Lipinski definition) is 5. The second kappa shape index (κ2) is 6.68. The molecule has 0 aliphatic carbocycles. The highest BCUT2D eigenvalue weighted by molar-refractivity contribution is 7.09. The first-order valence-corrected chi connectivity index (χ1v) is 8.82. The molecule has 0 fully saturated rings. The Kier molecular flexibility index (Phi) is 4.22. The van der Waals surface area contributed by atoms with E-state index in [1.165, 1.54) is 29.5 Å². The number of rotatable bonds is 4. The molecule has 130 valence electrons. The van der Waals surface area contributed by atoms with Gasteiger partial charge >= 0.3 is 0 Å². The molecule has 0 saturated carbocycles. The fourth-order valence-corrected chi connectivity index (χ4v) is 3.31. The molecule has 0 saturated heterocycles. The van der Waals surface area contributed by atoms with Gasteiger partial charge in [0.15, 0.2) is 5.58 Å². The van der Waals surface area contributed by atoms with Crippen LogP contribution in [0.1, 0.15) is 27.0 Å². The van der Waals surface area contributed by atoms with Gasteiger partial charge in [0.2, 0.25) is 5.89 Å². The van der Waals surface area contributed by atoms with Gasteiger partial charge in [-0.15, -0.1) is 11.3 Å². The van der Waals surface area contributed by atoms with Crippen LogP contribution in [0.2, 0.25) is 0 Å².